The molecule has 0 aromatic heterocycles. The third-order valence-corrected chi connectivity index (χ3v) is 3.42. The van der Waals surface area contributed by atoms with Crippen LogP contribution in [0.1, 0.15) is 18.9 Å². The van der Waals surface area contributed by atoms with Gasteiger partial charge in [-0.05, 0) is 5.56 Å². The predicted molar refractivity (Wildman–Crippen MR) is 60.4 cm³/mol. The van der Waals surface area contributed by atoms with E-state index in [0.717, 1.165) is 5.56 Å². The highest BCUT2D eigenvalue weighted by atomic mass is 31.1. The van der Waals surface area contributed by atoms with Gasteiger partial charge in [-0.3, -0.25) is 4.79 Å². The van der Waals surface area contributed by atoms with Crippen LogP contribution in [0.25, 0.3) is 0 Å². The van der Waals surface area contributed by atoms with Crippen LogP contribution in [0.15, 0.2) is 30.3 Å². The van der Waals surface area contributed by atoms with Gasteiger partial charge in [0.25, 0.3) is 0 Å². The lowest BCUT2D eigenvalue weighted by Crippen LogP contribution is -1.96. The maximum atomic E-state index is 11.3. The number of benzene rings is 1. The fraction of sp³-hybridized carbons (Fsp3) is 0.364. The first-order chi connectivity index (χ1) is 7.24. The molecular weight excluding hydrogens is 211 g/mol. The van der Waals surface area contributed by atoms with Crippen LogP contribution in [0.3, 0.4) is 0 Å². The van der Waals surface area contributed by atoms with E-state index in [9.17, 15) is 9.36 Å². The number of hydrogen-bond acceptors (Lipinski definition) is 3. The third-order valence-electron chi connectivity index (χ3n) is 1.98. The van der Waals surface area contributed by atoms with Crippen molar-refractivity contribution >= 4 is 13.3 Å². The fourth-order valence-electron chi connectivity index (χ4n) is 1.11. The van der Waals surface area contributed by atoms with E-state index in [1.54, 1.807) is 6.92 Å². The molecule has 0 spiro atoms. The summed E-state index contributed by atoms with van der Waals surface area (Å²) < 4.78 is 16.5. The highest BCUT2D eigenvalue weighted by Crippen LogP contribution is 2.23. The van der Waals surface area contributed by atoms with Gasteiger partial charge < -0.3 is 9.30 Å². The normalized spacial score (nSPS) is 12.3. The Hall–Kier alpha value is -0.920. The summed E-state index contributed by atoms with van der Waals surface area (Å²) in [7, 11) is -2.20. The number of carbonyl (C=O) groups excluding carboxylic acids is 1. The highest BCUT2D eigenvalue weighted by molar-refractivity contribution is 7.63. The Morgan fingerprint density at radius 3 is 2.60 bits per heavy atom. The van der Waals surface area contributed by atoms with Crippen LogP contribution in [0.4, 0.5) is 0 Å². The lowest BCUT2D eigenvalue weighted by atomic mass is 10.2. The van der Waals surface area contributed by atoms with Crippen LogP contribution in [-0.2, 0) is 20.7 Å². The summed E-state index contributed by atoms with van der Waals surface area (Å²) in [6.45, 7) is 2.12. The Morgan fingerprint density at radius 1 is 1.33 bits per heavy atom. The monoisotopic (exact) mass is 226 g/mol. The largest absolute Gasteiger partial charge is 0.369 e. The standard InChI is InChI=1S/C11H15O3P/c1-2-11(12)15(13)9-14-8-10-6-4-3-5-7-10/h3-7,15H,2,8-9H2,1H3. The molecule has 0 radical (unpaired) electrons. The molecule has 0 aliphatic heterocycles. The molecule has 1 aromatic carbocycles. The van der Waals surface area contributed by atoms with E-state index >= 15 is 0 Å². The molecule has 0 N–H and O–H groups in total. The van der Waals surface area contributed by atoms with Crippen molar-refractivity contribution in [1.82, 2.24) is 0 Å². The first-order valence-electron chi connectivity index (χ1n) is 4.91. The third kappa shape index (κ3) is 4.41. The van der Waals surface area contributed by atoms with Crippen molar-refractivity contribution in [2.45, 2.75) is 20.0 Å². The molecule has 0 aliphatic rings. The summed E-state index contributed by atoms with van der Waals surface area (Å²) >= 11 is 0. The Labute approximate surface area is 90.2 Å². The molecule has 0 saturated heterocycles. The van der Waals surface area contributed by atoms with E-state index in [0.29, 0.717) is 13.0 Å². The number of hydrogen-bond donors (Lipinski definition) is 0. The van der Waals surface area contributed by atoms with Gasteiger partial charge in [-0.15, -0.1) is 0 Å². The Balaban J connectivity index is 2.28. The predicted octanol–water partition coefficient (Wildman–Crippen LogP) is 2.66. The molecule has 4 heteroatoms. The molecule has 1 unspecified atom stereocenters. The van der Waals surface area contributed by atoms with Crippen molar-refractivity contribution in [3.05, 3.63) is 35.9 Å². The van der Waals surface area contributed by atoms with Gasteiger partial charge in [0.15, 0.2) is 13.3 Å². The Bertz CT molecular complexity index is 335. The molecule has 1 aromatic rings. The van der Waals surface area contributed by atoms with E-state index in [1.807, 2.05) is 30.3 Å². The summed E-state index contributed by atoms with van der Waals surface area (Å²) in [6.07, 6.45) is 0.388. The van der Waals surface area contributed by atoms with Crippen LogP contribution in [0.5, 0.6) is 0 Å². The Kier molecular flexibility index (Phi) is 5.30. The molecule has 1 atom stereocenters. The molecule has 82 valence electrons. The van der Waals surface area contributed by atoms with Crippen molar-refractivity contribution in [2.75, 3.05) is 6.35 Å². The first-order valence-corrected chi connectivity index (χ1v) is 6.53. The smallest absolute Gasteiger partial charge is 0.190 e. The second kappa shape index (κ2) is 6.54. The molecule has 0 heterocycles. The number of rotatable bonds is 6. The maximum Gasteiger partial charge on any atom is 0.190 e. The van der Waals surface area contributed by atoms with Gasteiger partial charge in [0.1, 0.15) is 6.35 Å². The van der Waals surface area contributed by atoms with Gasteiger partial charge in [-0.25, -0.2) is 0 Å². The zero-order valence-electron chi connectivity index (χ0n) is 8.73. The molecular formula is C11H15O3P. The lowest BCUT2D eigenvalue weighted by molar-refractivity contribution is -0.111. The average molecular weight is 226 g/mol. The molecule has 0 fully saturated rings. The molecule has 15 heavy (non-hydrogen) atoms. The van der Waals surface area contributed by atoms with Gasteiger partial charge >= 0.3 is 0 Å². The van der Waals surface area contributed by atoms with Crippen molar-refractivity contribution in [2.24, 2.45) is 0 Å². The summed E-state index contributed by atoms with van der Waals surface area (Å²) in [4.78, 5) is 11.0. The average Bonchev–Trinajstić information content (AvgIpc) is 2.29. The van der Waals surface area contributed by atoms with E-state index in [-0.39, 0.29) is 11.9 Å². The van der Waals surface area contributed by atoms with Gasteiger partial charge in [-0.1, -0.05) is 37.3 Å². The van der Waals surface area contributed by atoms with Crippen LogP contribution in [0.2, 0.25) is 0 Å². The van der Waals surface area contributed by atoms with Crippen molar-refractivity contribution in [1.29, 1.82) is 0 Å². The summed E-state index contributed by atoms with van der Waals surface area (Å²) in [5, 5.41) is 0. The SMILES string of the molecule is CCC(=O)[PH](=O)COCc1ccccc1. The van der Waals surface area contributed by atoms with Crippen LogP contribution in [-0.4, -0.2) is 11.9 Å². The first kappa shape index (κ1) is 12.2. The van der Waals surface area contributed by atoms with Crippen LogP contribution >= 0.6 is 7.80 Å². The number of carbonyl (C=O) groups is 1. The van der Waals surface area contributed by atoms with Gasteiger partial charge in [0.2, 0.25) is 0 Å². The van der Waals surface area contributed by atoms with Crippen LogP contribution < -0.4 is 0 Å². The topological polar surface area (TPSA) is 43.4 Å². The molecule has 0 aliphatic carbocycles. The van der Waals surface area contributed by atoms with E-state index in [2.05, 4.69) is 0 Å². The molecule has 1 rings (SSSR count). The summed E-state index contributed by atoms with van der Waals surface area (Å²) in [6, 6.07) is 9.61. The summed E-state index contributed by atoms with van der Waals surface area (Å²) in [5.74, 6) is 0. The van der Waals surface area contributed by atoms with Gasteiger partial charge in [0, 0.05) is 6.42 Å². The Morgan fingerprint density at radius 2 is 2.00 bits per heavy atom. The van der Waals surface area contributed by atoms with E-state index in [4.69, 9.17) is 4.74 Å². The lowest BCUT2D eigenvalue weighted by Gasteiger charge is -2.03. The second-order valence-electron chi connectivity index (χ2n) is 3.18. The van der Waals surface area contributed by atoms with E-state index in [1.165, 1.54) is 0 Å². The van der Waals surface area contributed by atoms with Crippen LogP contribution in [0, 0.1) is 0 Å². The number of ether oxygens (including phenoxy) is 1. The minimum atomic E-state index is -2.20. The van der Waals surface area contributed by atoms with Crippen molar-refractivity contribution in [3.63, 3.8) is 0 Å². The second-order valence-corrected chi connectivity index (χ2v) is 4.87. The minimum Gasteiger partial charge on any atom is -0.369 e. The zero-order valence-corrected chi connectivity index (χ0v) is 9.73. The van der Waals surface area contributed by atoms with E-state index < -0.39 is 7.80 Å². The minimum absolute atomic E-state index is 0.0617. The molecule has 3 nitrogen and oxygen atoms in total. The highest BCUT2D eigenvalue weighted by Gasteiger charge is 2.08. The summed E-state index contributed by atoms with van der Waals surface area (Å²) in [5.41, 5.74) is 0.837. The quantitative estimate of drug-likeness (QED) is 0.700. The molecule has 0 saturated carbocycles. The van der Waals surface area contributed by atoms with Gasteiger partial charge in [-0.2, -0.15) is 0 Å². The fourth-order valence-corrected chi connectivity index (χ4v) is 1.96. The molecule has 0 bridgehead atoms. The molecule has 0 amide bonds. The zero-order chi connectivity index (χ0) is 11.1. The maximum absolute atomic E-state index is 11.3. The van der Waals surface area contributed by atoms with Gasteiger partial charge in [0.05, 0.1) is 6.61 Å². The van der Waals surface area contributed by atoms with Crippen molar-refractivity contribution in [3.8, 4) is 0 Å². The van der Waals surface area contributed by atoms with Crippen molar-refractivity contribution < 1.29 is 14.1 Å².